The minimum atomic E-state index is 0.308. The van der Waals surface area contributed by atoms with E-state index < -0.39 is 0 Å². The standard InChI is InChI=1S/C5H4ClNOS/c6-4-1-2-7(8)5(9)3-4/h1-3,8H. The molecule has 1 rings (SSSR count). The molecule has 0 aliphatic rings. The Morgan fingerprint density at radius 3 is 2.78 bits per heavy atom. The molecule has 0 fully saturated rings. The van der Waals surface area contributed by atoms with Crippen molar-refractivity contribution in [1.82, 2.24) is 4.73 Å². The highest BCUT2D eigenvalue weighted by molar-refractivity contribution is 7.71. The van der Waals surface area contributed by atoms with Crippen LogP contribution in [0.15, 0.2) is 18.3 Å². The normalized spacial score (nSPS) is 9.44. The molecule has 48 valence electrons. The van der Waals surface area contributed by atoms with Crippen LogP contribution in [0.2, 0.25) is 5.02 Å². The van der Waals surface area contributed by atoms with Crippen molar-refractivity contribution in [2.75, 3.05) is 0 Å². The Morgan fingerprint density at radius 2 is 2.33 bits per heavy atom. The predicted octanol–water partition coefficient (Wildman–Crippen LogP) is 2.11. The van der Waals surface area contributed by atoms with Crippen LogP contribution in [0, 0.1) is 4.64 Å². The van der Waals surface area contributed by atoms with Gasteiger partial charge in [-0.2, -0.15) is 4.73 Å². The van der Waals surface area contributed by atoms with E-state index >= 15 is 0 Å². The molecule has 0 spiro atoms. The molecule has 4 heteroatoms. The monoisotopic (exact) mass is 161 g/mol. The van der Waals surface area contributed by atoms with Gasteiger partial charge in [-0.25, -0.2) is 0 Å². The SMILES string of the molecule is On1ccc(Cl)cc1=S. The number of nitrogens with zero attached hydrogens (tertiary/aromatic N) is 1. The van der Waals surface area contributed by atoms with Crippen molar-refractivity contribution < 1.29 is 5.21 Å². The Hall–Kier alpha value is -0.540. The van der Waals surface area contributed by atoms with Gasteiger partial charge in [0.1, 0.15) is 4.64 Å². The number of hydrogen-bond donors (Lipinski definition) is 1. The van der Waals surface area contributed by atoms with E-state index in [9.17, 15) is 0 Å². The van der Waals surface area contributed by atoms with Crippen LogP contribution < -0.4 is 0 Å². The van der Waals surface area contributed by atoms with Crippen molar-refractivity contribution in [3.63, 3.8) is 0 Å². The molecule has 0 bridgehead atoms. The molecule has 0 aliphatic heterocycles. The van der Waals surface area contributed by atoms with Gasteiger partial charge < -0.3 is 5.21 Å². The Balaban J connectivity index is 3.34. The first-order valence-corrected chi connectivity index (χ1v) is 3.06. The largest absolute Gasteiger partial charge is 0.428 e. The molecule has 0 aromatic carbocycles. The number of hydrogen-bond acceptors (Lipinski definition) is 2. The van der Waals surface area contributed by atoms with Crippen molar-refractivity contribution in [2.45, 2.75) is 0 Å². The third-order valence-corrected chi connectivity index (χ3v) is 1.40. The summed E-state index contributed by atoms with van der Waals surface area (Å²) in [7, 11) is 0. The van der Waals surface area contributed by atoms with E-state index in [1.165, 1.54) is 12.3 Å². The van der Waals surface area contributed by atoms with Crippen LogP contribution >= 0.6 is 23.8 Å². The van der Waals surface area contributed by atoms with Crippen LogP contribution in [0.5, 0.6) is 0 Å². The number of rotatable bonds is 0. The quantitative estimate of drug-likeness (QED) is 0.466. The van der Waals surface area contributed by atoms with Gasteiger partial charge in [-0.1, -0.05) is 23.8 Å². The Kier molecular flexibility index (Phi) is 1.73. The molecular weight excluding hydrogens is 158 g/mol. The van der Waals surface area contributed by atoms with E-state index in [0.29, 0.717) is 9.66 Å². The number of halogens is 1. The van der Waals surface area contributed by atoms with Crippen LogP contribution in [-0.4, -0.2) is 9.94 Å². The predicted molar refractivity (Wildman–Crippen MR) is 37.5 cm³/mol. The van der Waals surface area contributed by atoms with Gasteiger partial charge in [-0.15, -0.1) is 0 Å². The molecule has 0 atom stereocenters. The van der Waals surface area contributed by atoms with Gasteiger partial charge in [0.15, 0.2) is 0 Å². The zero-order valence-electron chi connectivity index (χ0n) is 4.41. The lowest BCUT2D eigenvalue weighted by molar-refractivity contribution is 0.180. The van der Waals surface area contributed by atoms with E-state index in [2.05, 4.69) is 12.2 Å². The molecule has 0 radical (unpaired) electrons. The van der Waals surface area contributed by atoms with Gasteiger partial charge in [-0.3, -0.25) is 0 Å². The fraction of sp³-hybridized carbons (Fsp3) is 0. The Morgan fingerprint density at radius 1 is 1.67 bits per heavy atom. The fourth-order valence-electron chi connectivity index (χ4n) is 0.447. The third kappa shape index (κ3) is 1.43. The van der Waals surface area contributed by atoms with Crippen molar-refractivity contribution in [2.24, 2.45) is 0 Å². The van der Waals surface area contributed by atoms with Gasteiger partial charge >= 0.3 is 0 Å². The molecule has 2 nitrogen and oxygen atoms in total. The lowest BCUT2D eigenvalue weighted by Gasteiger charge is -1.93. The van der Waals surface area contributed by atoms with E-state index in [0.717, 1.165) is 4.73 Å². The van der Waals surface area contributed by atoms with E-state index in [-0.39, 0.29) is 0 Å². The maximum Gasteiger partial charge on any atom is 0.143 e. The highest BCUT2D eigenvalue weighted by Gasteiger charge is 1.87. The van der Waals surface area contributed by atoms with Crippen molar-refractivity contribution in [1.29, 1.82) is 0 Å². The Labute approximate surface area is 62.3 Å². The molecule has 0 saturated heterocycles. The van der Waals surface area contributed by atoms with Crippen molar-refractivity contribution in [3.05, 3.63) is 28.0 Å². The Bertz CT molecular complexity index is 270. The molecule has 1 heterocycles. The first kappa shape index (κ1) is 6.58. The molecule has 0 unspecified atom stereocenters. The van der Waals surface area contributed by atoms with Crippen LogP contribution in [0.4, 0.5) is 0 Å². The lowest BCUT2D eigenvalue weighted by atomic mass is 10.5. The van der Waals surface area contributed by atoms with E-state index in [1.807, 2.05) is 0 Å². The zero-order valence-corrected chi connectivity index (χ0v) is 5.99. The van der Waals surface area contributed by atoms with Crippen molar-refractivity contribution in [3.8, 4) is 0 Å². The smallest absolute Gasteiger partial charge is 0.143 e. The molecular formula is C5H4ClNOS. The van der Waals surface area contributed by atoms with Gasteiger partial charge in [0.05, 0.1) is 0 Å². The summed E-state index contributed by atoms with van der Waals surface area (Å²) in [4.78, 5) is 0. The van der Waals surface area contributed by atoms with Crippen LogP contribution in [0.1, 0.15) is 0 Å². The fourth-order valence-corrected chi connectivity index (χ4v) is 0.860. The maximum absolute atomic E-state index is 8.80. The van der Waals surface area contributed by atoms with Crippen molar-refractivity contribution >= 4 is 23.8 Å². The summed E-state index contributed by atoms with van der Waals surface area (Å²) in [5, 5.41) is 9.33. The summed E-state index contributed by atoms with van der Waals surface area (Å²) in [5.41, 5.74) is 0. The first-order valence-electron chi connectivity index (χ1n) is 2.27. The second kappa shape index (κ2) is 2.37. The second-order valence-corrected chi connectivity index (χ2v) is 2.38. The zero-order chi connectivity index (χ0) is 6.85. The van der Waals surface area contributed by atoms with Crippen LogP contribution in [-0.2, 0) is 0 Å². The van der Waals surface area contributed by atoms with Gasteiger partial charge in [0.2, 0.25) is 0 Å². The third-order valence-electron chi connectivity index (χ3n) is 0.862. The average Bonchev–Trinajstić information content (AvgIpc) is 1.80. The summed E-state index contributed by atoms with van der Waals surface area (Å²) in [6.45, 7) is 0. The molecule has 0 aliphatic carbocycles. The summed E-state index contributed by atoms with van der Waals surface area (Å²) in [6.07, 6.45) is 1.39. The van der Waals surface area contributed by atoms with E-state index in [1.54, 1.807) is 6.07 Å². The molecule has 0 amide bonds. The maximum atomic E-state index is 8.80. The minimum absolute atomic E-state index is 0.308. The molecule has 1 aromatic heterocycles. The molecule has 9 heavy (non-hydrogen) atoms. The summed E-state index contributed by atoms with van der Waals surface area (Å²) < 4.78 is 1.14. The molecule has 0 saturated carbocycles. The summed E-state index contributed by atoms with van der Waals surface area (Å²) >= 11 is 10.2. The highest BCUT2D eigenvalue weighted by Crippen LogP contribution is 2.05. The van der Waals surface area contributed by atoms with Gasteiger partial charge in [0, 0.05) is 11.2 Å². The molecule has 1 N–H and O–H groups in total. The van der Waals surface area contributed by atoms with E-state index in [4.69, 9.17) is 16.8 Å². The summed E-state index contributed by atoms with van der Waals surface area (Å²) in [5.74, 6) is 0. The first-order chi connectivity index (χ1) is 4.20. The van der Waals surface area contributed by atoms with Gasteiger partial charge in [0.25, 0.3) is 0 Å². The lowest BCUT2D eigenvalue weighted by Crippen LogP contribution is -1.90. The average molecular weight is 162 g/mol. The van der Waals surface area contributed by atoms with Gasteiger partial charge in [-0.05, 0) is 12.1 Å². The highest BCUT2D eigenvalue weighted by atomic mass is 35.5. The van der Waals surface area contributed by atoms with Crippen LogP contribution in [0.3, 0.4) is 0 Å². The summed E-state index contributed by atoms with van der Waals surface area (Å²) in [6, 6.07) is 3.05. The second-order valence-electron chi connectivity index (χ2n) is 1.53. The topological polar surface area (TPSA) is 25.2 Å². The number of pyridine rings is 1. The van der Waals surface area contributed by atoms with Crippen LogP contribution in [0.25, 0.3) is 0 Å². The number of aromatic nitrogens is 1. The minimum Gasteiger partial charge on any atom is -0.428 e. The molecule has 1 aromatic rings.